The summed E-state index contributed by atoms with van der Waals surface area (Å²) in [7, 11) is 0. The molecule has 0 aliphatic heterocycles. The van der Waals surface area contributed by atoms with Gasteiger partial charge in [0, 0.05) is 16.1 Å². The summed E-state index contributed by atoms with van der Waals surface area (Å²) in [4.78, 5) is 21.5. The summed E-state index contributed by atoms with van der Waals surface area (Å²) >= 11 is 3.08. The molecule has 0 heterocycles. The third kappa shape index (κ3) is 3.40. The predicted molar refractivity (Wildman–Crippen MR) is 75.1 cm³/mol. The second kappa shape index (κ2) is 5.96. The first kappa shape index (κ1) is 15.0. The van der Waals surface area contributed by atoms with Gasteiger partial charge in [-0.25, -0.2) is 4.39 Å². The molecule has 0 spiro atoms. The van der Waals surface area contributed by atoms with Crippen LogP contribution in [-0.4, -0.2) is 10.8 Å². The van der Waals surface area contributed by atoms with Gasteiger partial charge in [-0.05, 0) is 46.3 Å². The second-order valence-electron chi connectivity index (χ2n) is 4.00. The van der Waals surface area contributed by atoms with Gasteiger partial charge in [-0.3, -0.25) is 14.9 Å². The number of benzene rings is 2. The van der Waals surface area contributed by atoms with Gasteiger partial charge in [0.05, 0.1) is 10.6 Å². The van der Waals surface area contributed by atoms with Crippen molar-refractivity contribution in [2.75, 3.05) is 5.32 Å². The number of hydrogen-bond acceptors (Lipinski definition) is 3. The van der Waals surface area contributed by atoms with Crippen molar-refractivity contribution in [3.63, 3.8) is 0 Å². The molecule has 2 aromatic carbocycles. The quantitative estimate of drug-likeness (QED) is 0.669. The Hall–Kier alpha value is -2.35. The van der Waals surface area contributed by atoms with Gasteiger partial charge in [0.15, 0.2) is 0 Å². The molecule has 2 aromatic rings. The van der Waals surface area contributed by atoms with Crippen LogP contribution in [-0.2, 0) is 0 Å². The lowest BCUT2D eigenvalue weighted by Gasteiger charge is -2.07. The zero-order valence-electron chi connectivity index (χ0n) is 10.3. The molecular weight excluding hydrogens is 350 g/mol. The number of nitro groups is 1. The number of hydrogen-bond donors (Lipinski definition) is 1. The van der Waals surface area contributed by atoms with Gasteiger partial charge in [0.1, 0.15) is 5.82 Å². The highest BCUT2D eigenvalue weighted by Crippen LogP contribution is 2.24. The first-order valence-corrected chi connectivity index (χ1v) is 6.38. The van der Waals surface area contributed by atoms with Crippen LogP contribution in [0.5, 0.6) is 0 Å². The van der Waals surface area contributed by atoms with E-state index >= 15 is 0 Å². The second-order valence-corrected chi connectivity index (χ2v) is 4.86. The third-order valence-electron chi connectivity index (χ3n) is 2.59. The number of carbonyl (C=O) groups excluding carboxylic acids is 1. The normalized spacial score (nSPS) is 10.2. The summed E-state index contributed by atoms with van der Waals surface area (Å²) in [5, 5.41) is 12.9. The molecule has 0 saturated carbocycles. The van der Waals surface area contributed by atoms with Crippen LogP contribution in [0.25, 0.3) is 0 Å². The van der Waals surface area contributed by atoms with Crippen LogP contribution in [0.2, 0.25) is 0 Å². The van der Waals surface area contributed by atoms with Gasteiger partial charge >= 0.3 is 5.69 Å². The predicted octanol–water partition coefficient (Wildman–Crippen LogP) is 3.89. The molecule has 0 aliphatic carbocycles. The van der Waals surface area contributed by atoms with Gasteiger partial charge in [0.2, 0.25) is 5.82 Å². The van der Waals surface area contributed by atoms with E-state index in [0.29, 0.717) is 10.2 Å². The standard InChI is InChI=1S/C13H7BrF2N2O3/c14-9-6-8(15)2-3-11(9)17-13(19)7-1-4-12(18(20)21)10(16)5-7/h1-6H,(H,17,19). The Morgan fingerprint density at radius 2 is 1.90 bits per heavy atom. The fourth-order valence-electron chi connectivity index (χ4n) is 1.58. The van der Waals surface area contributed by atoms with Crippen molar-refractivity contribution < 1.29 is 18.5 Å². The fourth-order valence-corrected chi connectivity index (χ4v) is 2.03. The average molecular weight is 357 g/mol. The van der Waals surface area contributed by atoms with Crippen LogP contribution >= 0.6 is 15.9 Å². The molecule has 0 unspecified atom stereocenters. The minimum absolute atomic E-state index is 0.0886. The Kier molecular flexibility index (Phi) is 4.27. The number of nitro benzene ring substituents is 1. The summed E-state index contributed by atoms with van der Waals surface area (Å²) in [6, 6.07) is 6.45. The Balaban J connectivity index is 2.24. The summed E-state index contributed by atoms with van der Waals surface area (Å²) in [6.07, 6.45) is 0. The molecular formula is C13H7BrF2N2O3. The maximum Gasteiger partial charge on any atom is 0.304 e. The SMILES string of the molecule is O=C(Nc1ccc(F)cc1Br)c1ccc([N+](=O)[O-])c(F)c1. The lowest BCUT2D eigenvalue weighted by molar-refractivity contribution is -0.387. The molecule has 1 N–H and O–H groups in total. The molecule has 108 valence electrons. The molecule has 0 aromatic heterocycles. The largest absolute Gasteiger partial charge is 0.321 e. The number of rotatable bonds is 3. The van der Waals surface area contributed by atoms with E-state index in [0.717, 1.165) is 30.3 Å². The smallest absolute Gasteiger partial charge is 0.304 e. The molecule has 0 fully saturated rings. The van der Waals surface area contributed by atoms with Crippen LogP contribution < -0.4 is 5.32 Å². The Morgan fingerprint density at radius 1 is 1.19 bits per heavy atom. The number of nitrogens with one attached hydrogen (secondary N) is 1. The monoisotopic (exact) mass is 356 g/mol. The van der Waals surface area contributed by atoms with E-state index in [-0.39, 0.29) is 5.56 Å². The fraction of sp³-hybridized carbons (Fsp3) is 0. The van der Waals surface area contributed by atoms with Crippen LogP contribution in [0.1, 0.15) is 10.4 Å². The number of carbonyl (C=O) groups is 1. The average Bonchev–Trinajstić information content (AvgIpc) is 2.41. The summed E-state index contributed by atoms with van der Waals surface area (Å²) < 4.78 is 26.7. The van der Waals surface area contributed by atoms with Crippen LogP contribution in [0.3, 0.4) is 0 Å². The molecule has 8 heteroatoms. The Morgan fingerprint density at radius 3 is 2.48 bits per heavy atom. The summed E-state index contributed by atoms with van der Waals surface area (Å²) in [6.45, 7) is 0. The van der Waals surface area contributed by atoms with Gasteiger partial charge in [-0.1, -0.05) is 0 Å². The topological polar surface area (TPSA) is 72.2 Å². The van der Waals surface area contributed by atoms with Crippen molar-refractivity contribution in [1.29, 1.82) is 0 Å². The van der Waals surface area contributed by atoms with E-state index in [9.17, 15) is 23.7 Å². The Labute approximate surface area is 125 Å². The van der Waals surface area contributed by atoms with E-state index in [1.54, 1.807) is 0 Å². The highest BCUT2D eigenvalue weighted by atomic mass is 79.9. The number of nitrogens with zero attached hydrogens (tertiary/aromatic N) is 1. The van der Waals surface area contributed by atoms with Crippen molar-refractivity contribution >= 4 is 33.2 Å². The number of anilines is 1. The molecule has 0 atom stereocenters. The van der Waals surface area contributed by atoms with Crippen molar-refractivity contribution in [2.45, 2.75) is 0 Å². The van der Waals surface area contributed by atoms with E-state index in [1.165, 1.54) is 6.07 Å². The van der Waals surface area contributed by atoms with Crippen molar-refractivity contribution in [3.8, 4) is 0 Å². The van der Waals surface area contributed by atoms with E-state index in [1.807, 2.05) is 0 Å². The zero-order chi connectivity index (χ0) is 15.6. The number of halogens is 3. The van der Waals surface area contributed by atoms with Gasteiger partial charge in [-0.15, -0.1) is 0 Å². The van der Waals surface area contributed by atoms with Crippen LogP contribution in [0.15, 0.2) is 40.9 Å². The molecule has 1 amide bonds. The molecule has 5 nitrogen and oxygen atoms in total. The Bertz CT molecular complexity index is 737. The van der Waals surface area contributed by atoms with E-state index in [4.69, 9.17) is 0 Å². The highest BCUT2D eigenvalue weighted by molar-refractivity contribution is 9.10. The van der Waals surface area contributed by atoms with Crippen LogP contribution in [0.4, 0.5) is 20.2 Å². The number of amides is 1. The molecule has 0 bridgehead atoms. The minimum atomic E-state index is -1.11. The van der Waals surface area contributed by atoms with E-state index < -0.39 is 28.2 Å². The van der Waals surface area contributed by atoms with E-state index in [2.05, 4.69) is 21.2 Å². The molecule has 2 rings (SSSR count). The van der Waals surface area contributed by atoms with Gasteiger partial charge in [0.25, 0.3) is 5.91 Å². The molecule has 0 saturated heterocycles. The molecule has 0 aliphatic rings. The van der Waals surface area contributed by atoms with Crippen LogP contribution in [0, 0.1) is 21.7 Å². The lowest BCUT2D eigenvalue weighted by atomic mass is 10.2. The maximum atomic E-state index is 13.5. The molecule has 21 heavy (non-hydrogen) atoms. The molecule has 0 radical (unpaired) electrons. The lowest BCUT2D eigenvalue weighted by Crippen LogP contribution is -2.13. The maximum absolute atomic E-state index is 13.5. The van der Waals surface area contributed by atoms with Crippen molar-refractivity contribution in [3.05, 3.63) is 68.2 Å². The third-order valence-corrected chi connectivity index (χ3v) is 3.24. The minimum Gasteiger partial charge on any atom is -0.321 e. The van der Waals surface area contributed by atoms with Crippen molar-refractivity contribution in [2.24, 2.45) is 0 Å². The first-order valence-electron chi connectivity index (χ1n) is 5.59. The van der Waals surface area contributed by atoms with Gasteiger partial charge < -0.3 is 5.32 Å². The summed E-state index contributed by atoms with van der Waals surface area (Å²) in [5.74, 6) is -2.26. The summed E-state index contributed by atoms with van der Waals surface area (Å²) in [5.41, 5.74) is -0.510. The zero-order valence-corrected chi connectivity index (χ0v) is 11.9. The van der Waals surface area contributed by atoms with Gasteiger partial charge in [-0.2, -0.15) is 4.39 Å². The van der Waals surface area contributed by atoms with Crippen molar-refractivity contribution in [1.82, 2.24) is 0 Å². The first-order chi connectivity index (χ1) is 9.88. The highest BCUT2D eigenvalue weighted by Gasteiger charge is 2.17.